The molecule has 9 unspecified atom stereocenters. The summed E-state index contributed by atoms with van der Waals surface area (Å²) in [5, 5.41) is 0. The molecule has 3 aliphatic heterocycles. The molecule has 0 spiro atoms. The smallest absolute Gasteiger partial charge is 0.330 e. The summed E-state index contributed by atoms with van der Waals surface area (Å²) in [6.45, 7) is 3.51. The Bertz CT molecular complexity index is 802. The zero-order chi connectivity index (χ0) is 29.5. The van der Waals surface area contributed by atoms with E-state index in [2.05, 4.69) is 6.58 Å². The first-order chi connectivity index (χ1) is 21.1. The van der Waals surface area contributed by atoms with Crippen molar-refractivity contribution < 1.29 is 38.0 Å². The number of hydrogen-bond donors (Lipinski definition) is 0. The topological polar surface area (TPSA) is 91.6 Å². The Morgan fingerprint density at radius 2 is 0.907 bits per heavy atom. The van der Waals surface area contributed by atoms with E-state index in [9.17, 15) is 4.79 Å². The van der Waals surface area contributed by atoms with Crippen LogP contribution in [0.2, 0.25) is 0 Å². The molecule has 6 fully saturated rings. The molecule has 8 nitrogen and oxygen atoms in total. The van der Waals surface area contributed by atoms with Crippen molar-refractivity contribution in [2.75, 3.05) is 6.61 Å². The molecule has 9 atom stereocenters. The molecule has 3 saturated carbocycles. The van der Waals surface area contributed by atoms with Gasteiger partial charge in [-0.2, -0.15) is 0 Å². The Balaban J connectivity index is 1.25. The number of esters is 1. The van der Waals surface area contributed by atoms with E-state index in [0.717, 1.165) is 77.0 Å². The lowest BCUT2D eigenvalue weighted by Gasteiger charge is -2.41. The Morgan fingerprint density at radius 1 is 0.558 bits per heavy atom. The molecule has 3 heterocycles. The predicted molar refractivity (Wildman–Crippen MR) is 161 cm³/mol. The molecule has 6 rings (SSSR count). The zero-order valence-electron chi connectivity index (χ0n) is 26.3. The van der Waals surface area contributed by atoms with Crippen LogP contribution in [0.1, 0.15) is 135 Å². The van der Waals surface area contributed by atoms with Crippen LogP contribution in [0, 0.1) is 0 Å². The second-order valence-electron chi connectivity index (χ2n) is 14.0. The minimum atomic E-state index is -1.50. The molecule has 0 N–H and O–H groups in total. The molecule has 8 heteroatoms. The number of rotatable bonds is 9. The molecule has 244 valence electrons. The maximum Gasteiger partial charge on any atom is 0.330 e. The van der Waals surface area contributed by atoms with Gasteiger partial charge in [-0.05, 0) is 38.5 Å². The van der Waals surface area contributed by atoms with Crippen molar-refractivity contribution in [1.82, 2.24) is 0 Å². The van der Waals surface area contributed by atoms with Gasteiger partial charge in [0.2, 0.25) is 0 Å². The van der Waals surface area contributed by atoms with E-state index < -0.39 is 11.9 Å². The van der Waals surface area contributed by atoms with E-state index in [1.807, 2.05) is 0 Å². The van der Waals surface area contributed by atoms with Gasteiger partial charge in [0.05, 0.1) is 54.9 Å². The fourth-order valence-electron chi connectivity index (χ4n) is 7.75. The van der Waals surface area contributed by atoms with Crippen LogP contribution in [0.15, 0.2) is 12.7 Å². The third-order valence-electron chi connectivity index (χ3n) is 10.4. The third kappa shape index (κ3) is 9.98. The highest BCUT2D eigenvalue weighted by Gasteiger charge is 2.49. The summed E-state index contributed by atoms with van der Waals surface area (Å²) in [5.74, 6) is -2.00. The second-order valence-corrected chi connectivity index (χ2v) is 14.0. The Kier molecular flexibility index (Phi) is 11.5. The van der Waals surface area contributed by atoms with E-state index in [-0.39, 0.29) is 43.2 Å². The van der Waals surface area contributed by atoms with Gasteiger partial charge in [-0.25, -0.2) is 4.79 Å². The predicted octanol–water partition coefficient (Wildman–Crippen LogP) is 7.06. The van der Waals surface area contributed by atoms with Crippen LogP contribution in [-0.4, -0.2) is 73.5 Å². The SMILES string of the molecule is C=CC(=O)OCC(OC1CCCCCCC2OC2C1)(OC1CCCCCCC2OC2C1)OC1CCCCCCC2OC2C1. The van der Waals surface area contributed by atoms with Crippen LogP contribution >= 0.6 is 0 Å². The van der Waals surface area contributed by atoms with Crippen LogP contribution in [0.3, 0.4) is 0 Å². The maximum atomic E-state index is 12.5. The monoisotopic (exact) mass is 604 g/mol. The number of fused-ring (bicyclic) bond motifs is 3. The molecule has 0 amide bonds. The fourth-order valence-corrected chi connectivity index (χ4v) is 7.75. The van der Waals surface area contributed by atoms with Crippen molar-refractivity contribution in [2.45, 2.75) is 196 Å². The third-order valence-corrected chi connectivity index (χ3v) is 10.4. The first-order valence-electron chi connectivity index (χ1n) is 17.9. The van der Waals surface area contributed by atoms with Crippen molar-refractivity contribution >= 4 is 5.97 Å². The van der Waals surface area contributed by atoms with Crippen molar-refractivity contribution in [2.24, 2.45) is 0 Å². The van der Waals surface area contributed by atoms with Crippen LogP contribution < -0.4 is 0 Å². The van der Waals surface area contributed by atoms with E-state index in [1.165, 1.54) is 63.9 Å². The summed E-state index contributed by atoms with van der Waals surface area (Å²) in [5.41, 5.74) is 0. The average molecular weight is 605 g/mol. The highest BCUT2D eigenvalue weighted by Crippen LogP contribution is 2.41. The van der Waals surface area contributed by atoms with Crippen LogP contribution in [0.25, 0.3) is 0 Å². The summed E-state index contributed by atoms with van der Waals surface area (Å²) in [6, 6.07) is 0. The minimum Gasteiger partial charge on any atom is -0.454 e. The van der Waals surface area contributed by atoms with Gasteiger partial charge in [-0.1, -0.05) is 83.6 Å². The van der Waals surface area contributed by atoms with Gasteiger partial charge in [0.25, 0.3) is 0 Å². The lowest BCUT2D eigenvalue weighted by atomic mass is 9.98. The summed E-state index contributed by atoms with van der Waals surface area (Å²) in [7, 11) is 0. The molecular formula is C35H56O8. The normalized spacial score (nSPS) is 40.2. The van der Waals surface area contributed by atoms with Gasteiger partial charge in [0, 0.05) is 25.3 Å². The van der Waals surface area contributed by atoms with Crippen molar-refractivity contribution in [3.05, 3.63) is 12.7 Å². The van der Waals surface area contributed by atoms with Gasteiger partial charge in [0.15, 0.2) is 6.61 Å². The lowest BCUT2D eigenvalue weighted by molar-refractivity contribution is -0.429. The lowest BCUT2D eigenvalue weighted by Crippen LogP contribution is -2.51. The van der Waals surface area contributed by atoms with Gasteiger partial charge in [-0.3, -0.25) is 0 Å². The molecule has 43 heavy (non-hydrogen) atoms. The molecule has 3 aliphatic carbocycles. The molecule has 0 aromatic heterocycles. The summed E-state index contributed by atoms with van der Waals surface area (Å²) < 4.78 is 45.1. The summed E-state index contributed by atoms with van der Waals surface area (Å²) >= 11 is 0. The summed E-state index contributed by atoms with van der Waals surface area (Å²) in [4.78, 5) is 12.5. The Morgan fingerprint density at radius 3 is 1.26 bits per heavy atom. The van der Waals surface area contributed by atoms with Crippen molar-refractivity contribution in [3.8, 4) is 0 Å². The standard InChI is InChI=1S/C35H56O8/c1-2-34(36)37-24-35(41-25-15-9-3-6-12-18-28-31(21-25)38-28,42-26-16-10-4-7-13-19-29-32(22-26)39-29)43-27-17-11-5-8-14-20-30-33(23-27)40-30/h2,25-33H,1,3-24H2. The molecule has 6 aliphatic rings. The summed E-state index contributed by atoms with van der Waals surface area (Å²) in [6.07, 6.45) is 25.3. The first-order valence-corrected chi connectivity index (χ1v) is 17.9. The van der Waals surface area contributed by atoms with Gasteiger partial charge >= 0.3 is 11.9 Å². The van der Waals surface area contributed by atoms with Crippen LogP contribution in [0.4, 0.5) is 0 Å². The number of carbonyl (C=O) groups excluding carboxylic acids is 1. The van der Waals surface area contributed by atoms with Crippen molar-refractivity contribution in [1.29, 1.82) is 0 Å². The molecule has 0 aromatic rings. The van der Waals surface area contributed by atoms with Gasteiger partial charge < -0.3 is 33.2 Å². The second kappa shape index (κ2) is 15.5. The molecule has 0 aromatic carbocycles. The van der Waals surface area contributed by atoms with E-state index in [1.54, 1.807) is 0 Å². The highest BCUT2D eigenvalue weighted by atomic mass is 16.9. The Hall–Kier alpha value is -1.03. The van der Waals surface area contributed by atoms with E-state index in [0.29, 0.717) is 18.3 Å². The molecule has 0 radical (unpaired) electrons. The number of carbonyl (C=O) groups is 1. The van der Waals surface area contributed by atoms with Gasteiger partial charge in [0.1, 0.15) is 0 Å². The van der Waals surface area contributed by atoms with Crippen LogP contribution in [0.5, 0.6) is 0 Å². The Labute approximate surface area is 258 Å². The van der Waals surface area contributed by atoms with E-state index in [4.69, 9.17) is 33.2 Å². The number of epoxide rings is 3. The van der Waals surface area contributed by atoms with E-state index >= 15 is 0 Å². The molecular weight excluding hydrogens is 548 g/mol. The molecule has 0 bridgehead atoms. The fraction of sp³-hybridized carbons (Fsp3) is 0.914. The number of hydrogen-bond acceptors (Lipinski definition) is 8. The van der Waals surface area contributed by atoms with Crippen molar-refractivity contribution in [3.63, 3.8) is 0 Å². The van der Waals surface area contributed by atoms with Gasteiger partial charge in [-0.15, -0.1) is 0 Å². The zero-order valence-corrected chi connectivity index (χ0v) is 26.3. The highest BCUT2D eigenvalue weighted by molar-refractivity contribution is 5.81. The minimum absolute atomic E-state index is 0.107. The number of ether oxygens (including phenoxy) is 7. The first kappa shape index (κ1) is 31.9. The quantitative estimate of drug-likeness (QED) is 0.120. The molecule has 3 saturated heterocycles. The largest absolute Gasteiger partial charge is 0.454 e. The van der Waals surface area contributed by atoms with Crippen LogP contribution in [-0.2, 0) is 38.0 Å². The average Bonchev–Trinajstić information content (AvgIpc) is 3.92. The maximum absolute atomic E-state index is 12.5.